The Morgan fingerprint density at radius 1 is 1.00 bits per heavy atom. The number of aryl methyl sites for hydroxylation is 1. The predicted molar refractivity (Wildman–Crippen MR) is 108 cm³/mol. The van der Waals surface area contributed by atoms with Gasteiger partial charge in [0.05, 0.1) is 6.04 Å². The number of hydrogen-bond donors (Lipinski definition) is 3. The van der Waals surface area contributed by atoms with Crippen molar-refractivity contribution >= 4 is 11.8 Å². The molecule has 142 valence electrons. The summed E-state index contributed by atoms with van der Waals surface area (Å²) in [4.78, 5) is 24.0. The molecule has 2 rings (SSSR count). The number of carbonyl (C=O) groups excluding carboxylic acids is 2. The van der Waals surface area contributed by atoms with E-state index in [4.69, 9.17) is 5.73 Å². The van der Waals surface area contributed by atoms with E-state index in [0.717, 1.165) is 12.0 Å². The average molecular weight is 365 g/mol. The van der Waals surface area contributed by atoms with Gasteiger partial charge in [0.15, 0.2) is 0 Å². The SMILES string of the molecule is C[C@H](N)C(=O)N[C@H](C=CC(=O)NCc1ccccc1)CCc1ccccc1. The molecule has 2 aromatic carbocycles. The van der Waals surface area contributed by atoms with Gasteiger partial charge in [-0.25, -0.2) is 0 Å². The van der Waals surface area contributed by atoms with Gasteiger partial charge in [-0.3, -0.25) is 9.59 Å². The van der Waals surface area contributed by atoms with Gasteiger partial charge in [0.2, 0.25) is 11.8 Å². The Bertz CT molecular complexity index is 743. The predicted octanol–water partition coefficient (Wildman–Crippen LogP) is 2.32. The number of carbonyl (C=O) groups is 2. The molecule has 5 heteroatoms. The second kappa shape index (κ2) is 10.9. The van der Waals surface area contributed by atoms with Crippen LogP contribution < -0.4 is 16.4 Å². The second-order valence-corrected chi connectivity index (χ2v) is 6.49. The van der Waals surface area contributed by atoms with Crippen LogP contribution in [0, 0.1) is 0 Å². The molecular formula is C22H27N3O2. The lowest BCUT2D eigenvalue weighted by Gasteiger charge is -2.17. The van der Waals surface area contributed by atoms with Gasteiger partial charge in [-0.05, 0) is 30.9 Å². The van der Waals surface area contributed by atoms with Gasteiger partial charge in [0.1, 0.15) is 0 Å². The molecule has 2 amide bonds. The summed E-state index contributed by atoms with van der Waals surface area (Å²) in [6.45, 7) is 2.10. The standard InChI is InChI=1S/C22H27N3O2/c1-17(23)22(27)25-20(13-12-18-8-4-2-5-9-18)14-15-21(26)24-16-19-10-6-3-7-11-19/h2-11,14-15,17,20H,12-13,16,23H2,1H3,(H,24,26)(H,25,27)/t17-,20-/m0/s1. The first-order valence-corrected chi connectivity index (χ1v) is 9.14. The lowest BCUT2D eigenvalue weighted by atomic mass is 10.0. The van der Waals surface area contributed by atoms with Crippen LogP contribution >= 0.6 is 0 Å². The molecule has 2 atom stereocenters. The summed E-state index contributed by atoms with van der Waals surface area (Å²) in [6.07, 6.45) is 4.68. The highest BCUT2D eigenvalue weighted by molar-refractivity contribution is 5.87. The summed E-state index contributed by atoms with van der Waals surface area (Å²) in [5, 5.41) is 5.73. The maximum absolute atomic E-state index is 12.1. The highest BCUT2D eigenvalue weighted by Crippen LogP contribution is 2.06. The van der Waals surface area contributed by atoms with Crippen LogP contribution in [-0.4, -0.2) is 23.9 Å². The van der Waals surface area contributed by atoms with Crippen molar-refractivity contribution in [1.82, 2.24) is 10.6 Å². The Morgan fingerprint density at radius 3 is 2.19 bits per heavy atom. The third-order valence-electron chi connectivity index (χ3n) is 4.12. The van der Waals surface area contributed by atoms with Crippen LogP contribution in [-0.2, 0) is 22.6 Å². The molecule has 2 aromatic rings. The quantitative estimate of drug-likeness (QED) is 0.596. The molecule has 0 aromatic heterocycles. The first-order valence-electron chi connectivity index (χ1n) is 9.14. The van der Waals surface area contributed by atoms with Crippen molar-refractivity contribution < 1.29 is 9.59 Å². The summed E-state index contributed by atoms with van der Waals surface area (Å²) in [7, 11) is 0. The number of amides is 2. The number of nitrogens with two attached hydrogens (primary N) is 1. The Morgan fingerprint density at radius 2 is 1.59 bits per heavy atom. The van der Waals surface area contributed by atoms with Crippen LogP contribution in [0.2, 0.25) is 0 Å². The molecule has 0 unspecified atom stereocenters. The molecule has 0 spiro atoms. The van der Waals surface area contributed by atoms with Crippen LogP contribution in [0.5, 0.6) is 0 Å². The second-order valence-electron chi connectivity index (χ2n) is 6.49. The van der Waals surface area contributed by atoms with Crippen molar-refractivity contribution in [3.8, 4) is 0 Å². The minimum absolute atomic E-state index is 0.196. The smallest absolute Gasteiger partial charge is 0.244 e. The van der Waals surface area contributed by atoms with Crippen LogP contribution in [0.4, 0.5) is 0 Å². The number of nitrogens with one attached hydrogen (secondary N) is 2. The van der Waals surface area contributed by atoms with E-state index in [1.54, 1.807) is 13.0 Å². The van der Waals surface area contributed by atoms with Gasteiger partial charge >= 0.3 is 0 Å². The first-order chi connectivity index (χ1) is 13.0. The van der Waals surface area contributed by atoms with Gasteiger partial charge in [-0.2, -0.15) is 0 Å². The normalized spacial score (nSPS) is 13.1. The van der Waals surface area contributed by atoms with Crippen molar-refractivity contribution in [2.24, 2.45) is 5.73 Å². The van der Waals surface area contributed by atoms with Gasteiger partial charge < -0.3 is 16.4 Å². The Kier molecular flexibility index (Phi) is 8.26. The van der Waals surface area contributed by atoms with E-state index in [1.165, 1.54) is 11.6 Å². The first kappa shape index (κ1) is 20.4. The number of hydrogen-bond acceptors (Lipinski definition) is 3. The maximum atomic E-state index is 12.1. The molecule has 0 radical (unpaired) electrons. The molecule has 0 aliphatic heterocycles. The molecule has 0 fully saturated rings. The molecule has 0 saturated heterocycles. The zero-order chi connectivity index (χ0) is 19.5. The van der Waals surface area contributed by atoms with Crippen LogP contribution in [0.3, 0.4) is 0 Å². The Balaban J connectivity index is 1.91. The van der Waals surface area contributed by atoms with E-state index in [0.29, 0.717) is 13.0 Å². The largest absolute Gasteiger partial charge is 0.349 e. The van der Waals surface area contributed by atoms with Crippen molar-refractivity contribution in [2.45, 2.75) is 38.4 Å². The highest BCUT2D eigenvalue weighted by atomic mass is 16.2. The van der Waals surface area contributed by atoms with E-state index in [2.05, 4.69) is 10.6 Å². The van der Waals surface area contributed by atoms with Crippen molar-refractivity contribution in [3.63, 3.8) is 0 Å². The van der Waals surface area contributed by atoms with Crippen LogP contribution in [0.25, 0.3) is 0 Å². The monoisotopic (exact) mass is 365 g/mol. The molecular weight excluding hydrogens is 338 g/mol. The third kappa shape index (κ3) is 7.88. The summed E-state index contributed by atoms with van der Waals surface area (Å²) in [5.41, 5.74) is 7.86. The van der Waals surface area contributed by atoms with E-state index in [9.17, 15) is 9.59 Å². The van der Waals surface area contributed by atoms with Crippen LogP contribution in [0.1, 0.15) is 24.5 Å². The van der Waals surface area contributed by atoms with Gasteiger partial charge in [-0.15, -0.1) is 0 Å². The van der Waals surface area contributed by atoms with E-state index >= 15 is 0 Å². The Labute approximate surface area is 160 Å². The zero-order valence-electron chi connectivity index (χ0n) is 15.6. The molecule has 0 aliphatic rings. The zero-order valence-corrected chi connectivity index (χ0v) is 15.6. The van der Waals surface area contributed by atoms with Gasteiger partial charge in [0, 0.05) is 18.7 Å². The number of benzene rings is 2. The lowest BCUT2D eigenvalue weighted by molar-refractivity contribution is -0.122. The topological polar surface area (TPSA) is 84.2 Å². The summed E-state index contributed by atoms with van der Waals surface area (Å²) >= 11 is 0. The molecule has 0 heterocycles. The molecule has 5 nitrogen and oxygen atoms in total. The highest BCUT2D eigenvalue weighted by Gasteiger charge is 2.13. The van der Waals surface area contributed by atoms with Crippen molar-refractivity contribution in [2.75, 3.05) is 0 Å². The molecule has 0 saturated carbocycles. The average Bonchev–Trinajstić information content (AvgIpc) is 2.69. The fourth-order valence-electron chi connectivity index (χ4n) is 2.55. The molecule has 0 bridgehead atoms. The summed E-state index contributed by atoms with van der Waals surface area (Å²) < 4.78 is 0. The Hall–Kier alpha value is -2.92. The minimum atomic E-state index is -0.593. The van der Waals surface area contributed by atoms with Gasteiger partial charge in [0.25, 0.3) is 0 Å². The molecule has 0 aliphatic carbocycles. The number of rotatable bonds is 9. The maximum Gasteiger partial charge on any atom is 0.244 e. The van der Waals surface area contributed by atoms with E-state index in [1.807, 2.05) is 60.7 Å². The molecule has 4 N–H and O–H groups in total. The van der Waals surface area contributed by atoms with E-state index in [-0.39, 0.29) is 17.9 Å². The third-order valence-corrected chi connectivity index (χ3v) is 4.12. The molecule has 27 heavy (non-hydrogen) atoms. The summed E-state index contributed by atoms with van der Waals surface area (Å²) in [6, 6.07) is 18.9. The lowest BCUT2D eigenvalue weighted by Crippen LogP contribution is -2.43. The van der Waals surface area contributed by atoms with Crippen LogP contribution in [0.15, 0.2) is 72.8 Å². The van der Waals surface area contributed by atoms with Crippen molar-refractivity contribution in [3.05, 3.63) is 83.9 Å². The van der Waals surface area contributed by atoms with E-state index < -0.39 is 6.04 Å². The fourth-order valence-corrected chi connectivity index (χ4v) is 2.55. The van der Waals surface area contributed by atoms with Crippen molar-refractivity contribution in [1.29, 1.82) is 0 Å². The summed E-state index contributed by atoms with van der Waals surface area (Å²) in [5.74, 6) is -0.430. The fraction of sp³-hybridized carbons (Fsp3) is 0.273. The van der Waals surface area contributed by atoms with Gasteiger partial charge in [-0.1, -0.05) is 66.7 Å². The minimum Gasteiger partial charge on any atom is -0.349 e.